The Morgan fingerprint density at radius 1 is 1.30 bits per heavy atom. The first-order valence-corrected chi connectivity index (χ1v) is 8.62. The number of morpholine rings is 1. The number of urea groups is 1. The van der Waals surface area contributed by atoms with Crippen LogP contribution in [0.25, 0.3) is 0 Å². The predicted molar refractivity (Wildman–Crippen MR) is 73.9 cm³/mol. The first-order chi connectivity index (χ1) is 10.8. The van der Waals surface area contributed by atoms with Gasteiger partial charge in [0.25, 0.3) is 5.91 Å². The van der Waals surface area contributed by atoms with Gasteiger partial charge in [-0.05, 0) is 12.8 Å². The number of carbonyl (C=O) groups is 2. The Kier molecular flexibility index (Phi) is 4.42. The van der Waals surface area contributed by atoms with Crippen LogP contribution in [0.3, 0.4) is 0 Å². The van der Waals surface area contributed by atoms with Crippen LogP contribution in [0.5, 0.6) is 0 Å². The molecule has 0 aromatic rings. The quantitative estimate of drug-likeness (QED) is 0.577. The van der Waals surface area contributed by atoms with Crippen molar-refractivity contribution >= 4 is 22.3 Å². The summed E-state index contributed by atoms with van der Waals surface area (Å²) < 4.78 is 39.9. The van der Waals surface area contributed by atoms with E-state index in [4.69, 9.17) is 9.29 Å². The molecule has 3 aliphatic rings. The molecule has 23 heavy (non-hydrogen) atoms. The summed E-state index contributed by atoms with van der Waals surface area (Å²) >= 11 is 0. The molecule has 0 aromatic carbocycles. The number of hydroxylamine groups is 2. The van der Waals surface area contributed by atoms with Crippen LogP contribution in [0.2, 0.25) is 0 Å². The third kappa shape index (κ3) is 3.55. The monoisotopic (exact) mass is 350 g/mol. The second-order valence-electron chi connectivity index (χ2n) is 5.59. The van der Waals surface area contributed by atoms with Gasteiger partial charge < -0.3 is 9.64 Å². The van der Waals surface area contributed by atoms with Crippen molar-refractivity contribution < 1.29 is 31.6 Å². The second-order valence-corrected chi connectivity index (χ2v) is 6.59. The number of ether oxygens (including phenoxy) is 1. The molecule has 3 amide bonds. The normalized spacial score (nSPS) is 29.0. The Morgan fingerprint density at radius 2 is 2.00 bits per heavy atom. The maximum Gasteiger partial charge on any atom is 0.418 e. The maximum atomic E-state index is 12.4. The number of nitrogens with one attached hydrogen (secondary N) is 1. The van der Waals surface area contributed by atoms with Gasteiger partial charge in [-0.25, -0.2) is 9.80 Å². The first kappa shape index (κ1) is 16.4. The number of hydrogen-bond acceptors (Lipinski definition) is 7. The second kappa shape index (κ2) is 6.20. The zero-order chi connectivity index (χ0) is 16.6. The fraction of sp³-hybridized carbons (Fsp3) is 0.818. The molecule has 0 aromatic heterocycles. The van der Waals surface area contributed by atoms with Crippen molar-refractivity contribution in [1.82, 2.24) is 20.4 Å². The summed E-state index contributed by atoms with van der Waals surface area (Å²) in [6.45, 7) is 2.34. The Labute approximate surface area is 133 Å². The van der Waals surface area contributed by atoms with Gasteiger partial charge in [0.05, 0.1) is 19.3 Å². The molecule has 0 spiro atoms. The predicted octanol–water partition coefficient (Wildman–Crippen LogP) is -1.65. The number of hydrogen-bond donors (Lipinski definition) is 2. The molecule has 0 aliphatic carbocycles. The lowest BCUT2D eigenvalue weighted by Gasteiger charge is -2.33. The summed E-state index contributed by atoms with van der Waals surface area (Å²) in [6, 6.07) is -1.94. The van der Waals surface area contributed by atoms with Gasteiger partial charge in [0.1, 0.15) is 6.04 Å². The van der Waals surface area contributed by atoms with E-state index in [0.717, 1.165) is 0 Å². The van der Waals surface area contributed by atoms with Crippen molar-refractivity contribution in [3.63, 3.8) is 0 Å². The van der Waals surface area contributed by atoms with Crippen molar-refractivity contribution in [3.05, 3.63) is 0 Å². The fourth-order valence-electron chi connectivity index (χ4n) is 3.01. The minimum Gasteiger partial charge on any atom is -0.379 e. The van der Waals surface area contributed by atoms with Crippen molar-refractivity contribution in [2.75, 3.05) is 32.8 Å². The molecule has 0 unspecified atom stereocenters. The smallest absolute Gasteiger partial charge is 0.379 e. The standard InChI is InChI=1S/C11H18N4O7S/c16-10(12-13-3-5-21-6-4-13)9-2-1-8-7-14(9)11(17)15(8)22-23(18,19)20/h8-9H,1-7H2,(H,12,16)(H,18,19,20)/t8-,9+/m1/s1. The molecule has 3 aliphatic heterocycles. The highest BCUT2D eigenvalue weighted by Gasteiger charge is 2.49. The lowest BCUT2D eigenvalue weighted by atomic mass is 10.0. The highest BCUT2D eigenvalue weighted by Crippen LogP contribution is 2.30. The summed E-state index contributed by atoms with van der Waals surface area (Å²) in [5.74, 6) is -0.326. The molecule has 12 heteroatoms. The molecule has 3 fully saturated rings. The zero-order valence-electron chi connectivity index (χ0n) is 12.3. The number of hydrazine groups is 1. The van der Waals surface area contributed by atoms with Crippen molar-refractivity contribution in [2.45, 2.75) is 24.9 Å². The Bertz CT molecular complexity index is 591. The van der Waals surface area contributed by atoms with Gasteiger partial charge in [0.15, 0.2) is 0 Å². The van der Waals surface area contributed by atoms with Gasteiger partial charge in [0.2, 0.25) is 0 Å². The van der Waals surface area contributed by atoms with Crippen molar-refractivity contribution in [1.29, 1.82) is 0 Å². The molecule has 11 nitrogen and oxygen atoms in total. The SMILES string of the molecule is O=C(NN1CCOCC1)[C@@H]1CC[C@@H]2CN1C(=O)N2OS(=O)(=O)O. The van der Waals surface area contributed by atoms with E-state index in [-0.39, 0.29) is 12.5 Å². The van der Waals surface area contributed by atoms with E-state index >= 15 is 0 Å². The molecule has 2 bridgehead atoms. The number of fused-ring (bicyclic) bond motifs is 2. The van der Waals surface area contributed by atoms with Crippen LogP contribution >= 0.6 is 0 Å². The van der Waals surface area contributed by atoms with E-state index in [1.54, 1.807) is 5.01 Å². The molecule has 0 saturated carbocycles. The van der Waals surface area contributed by atoms with Crippen LogP contribution in [0.15, 0.2) is 0 Å². The Hall–Kier alpha value is -1.47. The number of rotatable bonds is 4. The average Bonchev–Trinajstić information content (AvgIpc) is 2.72. The van der Waals surface area contributed by atoms with Gasteiger partial charge in [0, 0.05) is 19.6 Å². The van der Waals surface area contributed by atoms with Crippen LogP contribution in [-0.2, 0) is 24.2 Å². The minimum atomic E-state index is -4.78. The van der Waals surface area contributed by atoms with E-state index < -0.39 is 28.5 Å². The van der Waals surface area contributed by atoms with Crippen LogP contribution in [0.1, 0.15) is 12.8 Å². The molecular weight excluding hydrogens is 332 g/mol. The molecule has 3 heterocycles. The lowest BCUT2D eigenvalue weighted by molar-refractivity contribution is -0.133. The zero-order valence-corrected chi connectivity index (χ0v) is 13.1. The number of nitrogens with zero attached hydrogens (tertiary/aromatic N) is 3. The van der Waals surface area contributed by atoms with E-state index in [1.807, 2.05) is 0 Å². The third-order valence-electron chi connectivity index (χ3n) is 4.08. The third-order valence-corrected chi connectivity index (χ3v) is 4.43. The van der Waals surface area contributed by atoms with Crippen molar-refractivity contribution in [2.24, 2.45) is 0 Å². The highest BCUT2D eigenvalue weighted by molar-refractivity contribution is 7.80. The van der Waals surface area contributed by atoms with Gasteiger partial charge >= 0.3 is 16.4 Å². The molecule has 2 atom stereocenters. The van der Waals surface area contributed by atoms with Gasteiger partial charge in [-0.1, -0.05) is 0 Å². The number of piperidine rings is 1. The molecular formula is C11H18N4O7S. The minimum absolute atomic E-state index is 0.176. The van der Waals surface area contributed by atoms with Gasteiger partial charge in [-0.3, -0.25) is 14.8 Å². The van der Waals surface area contributed by atoms with E-state index in [9.17, 15) is 18.0 Å². The summed E-state index contributed by atoms with van der Waals surface area (Å²) in [4.78, 5) is 25.8. The summed E-state index contributed by atoms with van der Waals surface area (Å²) in [5.41, 5.74) is 2.75. The Balaban J connectivity index is 1.64. The van der Waals surface area contributed by atoms with Crippen LogP contribution in [-0.4, -0.2) is 84.8 Å². The van der Waals surface area contributed by atoms with E-state index in [0.29, 0.717) is 44.2 Å². The fourth-order valence-corrected chi connectivity index (χ4v) is 3.40. The summed E-state index contributed by atoms with van der Waals surface area (Å²) in [7, 11) is -4.78. The van der Waals surface area contributed by atoms with E-state index in [1.165, 1.54) is 4.90 Å². The van der Waals surface area contributed by atoms with Gasteiger partial charge in [-0.2, -0.15) is 13.5 Å². The largest absolute Gasteiger partial charge is 0.418 e. The highest BCUT2D eigenvalue weighted by atomic mass is 32.3. The summed E-state index contributed by atoms with van der Waals surface area (Å²) in [6.07, 6.45) is 0.789. The first-order valence-electron chi connectivity index (χ1n) is 7.25. The topological polar surface area (TPSA) is 129 Å². The number of amides is 3. The summed E-state index contributed by atoms with van der Waals surface area (Å²) in [5, 5.41) is 2.35. The molecule has 130 valence electrons. The average molecular weight is 350 g/mol. The van der Waals surface area contributed by atoms with Crippen LogP contribution in [0, 0.1) is 0 Å². The Morgan fingerprint density at radius 3 is 2.65 bits per heavy atom. The lowest BCUT2D eigenvalue weighted by Crippen LogP contribution is -2.56. The van der Waals surface area contributed by atoms with Gasteiger partial charge in [-0.15, -0.1) is 4.28 Å². The number of carbonyl (C=O) groups excluding carboxylic acids is 2. The molecule has 0 radical (unpaired) electrons. The maximum absolute atomic E-state index is 12.4. The van der Waals surface area contributed by atoms with Crippen molar-refractivity contribution in [3.8, 4) is 0 Å². The molecule has 3 saturated heterocycles. The molecule has 3 rings (SSSR count). The van der Waals surface area contributed by atoms with Crippen LogP contribution in [0.4, 0.5) is 4.79 Å². The molecule has 2 N–H and O–H groups in total. The van der Waals surface area contributed by atoms with Crippen LogP contribution < -0.4 is 5.43 Å². The van der Waals surface area contributed by atoms with E-state index in [2.05, 4.69) is 9.71 Å².